The summed E-state index contributed by atoms with van der Waals surface area (Å²) in [4.78, 5) is 14.5. The normalized spacial score (nSPS) is 34.7. The lowest BCUT2D eigenvalue weighted by atomic mass is 9.82. The van der Waals surface area contributed by atoms with Gasteiger partial charge in [0.05, 0.1) is 0 Å². The van der Waals surface area contributed by atoms with Crippen molar-refractivity contribution in [2.24, 2.45) is 23.5 Å². The molecule has 1 aliphatic carbocycles. The molecule has 2 rings (SSSR count). The molecule has 2 aliphatic rings. The predicted molar refractivity (Wildman–Crippen MR) is 69.5 cm³/mol. The largest absolute Gasteiger partial charge is 0.342 e. The molecule has 1 amide bonds. The Kier molecular flexibility index (Phi) is 4.43. The van der Waals surface area contributed by atoms with Gasteiger partial charge in [-0.15, -0.1) is 0 Å². The summed E-state index contributed by atoms with van der Waals surface area (Å²) in [5, 5.41) is 0. The first-order valence-electron chi connectivity index (χ1n) is 7.19. The van der Waals surface area contributed by atoms with Gasteiger partial charge < -0.3 is 10.6 Å². The lowest BCUT2D eigenvalue weighted by Crippen LogP contribution is -2.45. The Balaban J connectivity index is 1.86. The molecule has 0 aromatic carbocycles. The average molecular weight is 238 g/mol. The van der Waals surface area contributed by atoms with Crippen LogP contribution in [0.4, 0.5) is 0 Å². The minimum absolute atomic E-state index is 0.308. The molecule has 98 valence electrons. The van der Waals surface area contributed by atoms with E-state index in [1.165, 1.54) is 19.3 Å². The zero-order valence-electron chi connectivity index (χ0n) is 11.0. The second-order valence-electron chi connectivity index (χ2n) is 5.99. The van der Waals surface area contributed by atoms with Gasteiger partial charge >= 0.3 is 0 Å². The van der Waals surface area contributed by atoms with Crippen LogP contribution in [-0.2, 0) is 4.79 Å². The topological polar surface area (TPSA) is 46.3 Å². The third-order valence-electron chi connectivity index (χ3n) is 4.53. The van der Waals surface area contributed by atoms with E-state index in [-0.39, 0.29) is 0 Å². The van der Waals surface area contributed by atoms with Crippen molar-refractivity contribution in [2.75, 3.05) is 19.6 Å². The first-order valence-corrected chi connectivity index (χ1v) is 7.19. The monoisotopic (exact) mass is 238 g/mol. The molecule has 1 atom stereocenters. The van der Waals surface area contributed by atoms with Crippen molar-refractivity contribution in [3.63, 3.8) is 0 Å². The van der Waals surface area contributed by atoms with Crippen LogP contribution in [0.5, 0.6) is 0 Å². The molecular formula is C14H26N2O. The number of hydrogen-bond donors (Lipinski definition) is 1. The lowest BCUT2D eigenvalue weighted by molar-refractivity contribution is -0.138. The van der Waals surface area contributed by atoms with Crippen molar-refractivity contribution in [2.45, 2.75) is 45.4 Å². The number of nitrogens with two attached hydrogens (primary N) is 1. The van der Waals surface area contributed by atoms with Gasteiger partial charge in [-0.2, -0.15) is 0 Å². The maximum absolute atomic E-state index is 12.4. The molecule has 17 heavy (non-hydrogen) atoms. The van der Waals surface area contributed by atoms with Crippen molar-refractivity contribution in [1.82, 2.24) is 4.90 Å². The molecule has 0 bridgehead atoms. The summed E-state index contributed by atoms with van der Waals surface area (Å²) in [6.07, 6.45) is 6.99. The molecule has 0 radical (unpaired) electrons. The number of piperidine rings is 1. The molecule has 0 aromatic heterocycles. The minimum atomic E-state index is 0.308. The van der Waals surface area contributed by atoms with E-state index in [1.807, 2.05) is 0 Å². The zero-order chi connectivity index (χ0) is 12.3. The van der Waals surface area contributed by atoms with Crippen molar-refractivity contribution in [3.8, 4) is 0 Å². The van der Waals surface area contributed by atoms with Crippen molar-refractivity contribution in [1.29, 1.82) is 0 Å². The lowest BCUT2D eigenvalue weighted by Gasteiger charge is -2.36. The SMILES string of the molecule is CC1CCC(C(=O)N2CCCC(CN)C2)CC1. The van der Waals surface area contributed by atoms with Gasteiger partial charge in [0.25, 0.3) is 0 Å². The Morgan fingerprint density at radius 2 is 1.94 bits per heavy atom. The van der Waals surface area contributed by atoms with Crippen LogP contribution in [0.1, 0.15) is 45.4 Å². The van der Waals surface area contributed by atoms with E-state index in [0.29, 0.717) is 17.7 Å². The van der Waals surface area contributed by atoms with Crippen LogP contribution in [0.25, 0.3) is 0 Å². The molecule has 3 heteroatoms. The minimum Gasteiger partial charge on any atom is -0.342 e. The van der Waals surface area contributed by atoms with Gasteiger partial charge in [0.2, 0.25) is 5.91 Å². The summed E-state index contributed by atoms with van der Waals surface area (Å²) in [7, 11) is 0. The van der Waals surface area contributed by atoms with E-state index in [0.717, 1.165) is 44.8 Å². The van der Waals surface area contributed by atoms with Crippen LogP contribution in [0, 0.1) is 17.8 Å². The quantitative estimate of drug-likeness (QED) is 0.800. The van der Waals surface area contributed by atoms with Crippen molar-refractivity contribution < 1.29 is 4.79 Å². The fourth-order valence-electron chi connectivity index (χ4n) is 3.22. The Bertz CT molecular complexity index is 259. The highest BCUT2D eigenvalue weighted by Gasteiger charge is 2.30. The van der Waals surface area contributed by atoms with Gasteiger partial charge in [-0.05, 0) is 56.9 Å². The Morgan fingerprint density at radius 1 is 1.24 bits per heavy atom. The van der Waals surface area contributed by atoms with E-state index in [1.54, 1.807) is 0 Å². The van der Waals surface area contributed by atoms with Gasteiger partial charge in [0.15, 0.2) is 0 Å². The fourth-order valence-corrected chi connectivity index (χ4v) is 3.22. The van der Waals surface area contributed by atoms with Gasteiger partial charge in [-0.25, -0.2) is 0 Å². The maximum Gasteiger partial charge on any atom is 0.225 e. The van der Waals surface area contributed by atoms with E-state index >= 15 is 0 Å². The van der Waals surface area contributed by atoms with E-state index < -0.39 is 0 Å². The number of hydrogen-bond acceptors (Lipinski definition) is 2. The van der Waals surface area contributed by atoms with Crippen molar-refractivity contribution in [3.05, 3.63) is 0 Å². The van der Waals surface area contributed by atoms with Crippen LogP contribution in [0.15, 0.2) is 0 Å². The highest BCUT2D eigenvalue weighted by molar-refractivity contribution is 5.79. The highest BCUT2D eigenvalue weighted by atomic mass is 16.2. The predicted octanol–water partition coefficient (Wildman–Crippen LogP) is 2.01. The number of rotatable bonds is 2. The van der Waals surface area contributed by atoms with E-state index in [9.17, 15) is 4.79 Å². The highest BCUT2D eigenvalue weighted by Crippen LogP contribution is 2.30. The Labute approximate surface area is 105 Å². The average Bonchev–Trinajstić information content (AvgIpc) is 2.39. The second kappa shape index (κ2) is 5.85. The molecule has 1 saturated carbocycles. The standard InChI is InChI=1S/C14H26N2O/c1-11-4-6-13(7-5-11)14(17)16-8-2-3-12(9-15)10-16/h11-13H,2-10,15H2,1H3. The van der Waals surface area contributed by atoms with Crippen LogP contribution in [0.3, 0.4) is 0 Å². The summed E-state index contributed by atoms with van der Waals surface area (Å²) < 4.78 is 0. The molecule has 0 aromatic rings. The first kappa shape index (κ1) is 12.9. The molecule has 1 saturated heterocycles. The van der Waals surface area contributed by atoms with Gasteiger partial charge in [-0.1, -0.05) is 6.92 Å². The molecule has 0 spiro atoms. The smallest absolute Gasteiger partial charge is 0.225 e. The summed E-state index contributed by atoms with van der Waals surface area (Å²) in [5.41, 5.74) is 5.72. The number of likely N-dealkylation sites (tertiary alicyclic amines) is 1. The number of amides is 1. The molecule has 1 aliphatic heterocycles. The van der Waals surface area contributed by atoms with Gasteiger partial charge in [-0.3, -0.25) is 4.79 Å². The zero-order valence-corrected chi connectivity index (χ0v) is 11.0. The second-order valence-corrected chi connectivity index (χ2v) is 5.99. The molecular weight excluding hydrogens is 212 g/mol. The molecule has 1 heterocycles. The molecule has 1 unspecified atom stereocenters. The number of nitrogens with zero attached hydrogens (tertiary/aromatic N) is 1. The van der Waals surface area contributed by atoms with Crippen LogP contribution >= 0.6 is 0 Å². The Hall–Kier alpha value is -0.570. The van der Waals surface area contributed by atoms with E-state index in [2.05, 4.69) is 11.8 Å². The third-order valence-corrected chi connectivity index (χ3v) is 4.53. The van der Waals surface area contributed by atoms with E-state index in [4.69, 9.17) is 5.73 Å². The third kappa shape index (κ3) is 3.21. The first-order chi connectivity index (χ1) is 8.20. The summed E-state index contributed by atoms with van der Waals surface area (Å²) in [5.74, 6) is 2.07. The van der Waals surface area contributed by atoms with Crippen LogP contribution in [-0.4, -0.2) is 30.4 Å². The summed E-state index contributed by atoms with van der Waals surface area (Å²) in [6, 6.07) is 0. The van der Waals surface area contributed by atoms with Gasteiger partial charge in [0, 0.05) is 19.0 Å². The van der Waals surface area contributed by atoms with Crippen LogP contribution < -0.4 is 5.73 Å². The molecule has 2 fully saturated rings. The van der Waals surface area contributed by atoms with Crippen LogP contribution in [0.2, 0.25) is 0 Å². The number of carbonyl (C=O) groups is 1. The molecule has 3 nitrogen and oxygen atoms in total. The molecule has 2 N–H and O–H groups in total. The van der Waals surface area contributed by atoms with Gasteiger partial charge in [0.1, 0.15) is 0 Å². The number of carbonyl (C=O) groups excluding carboxylic acids is 1. The Morgan fingerprint density at radius 3 is 2.59 bits per heavy atom. The summed E-state index contributed by atoms with van der Waals surface area (Å²) in [6.45, 7) is 4.89. The van der Waals surface area contributed by atoms with Crippen molar-refractivity contribution >= 4 is 5.91 Å². The maximum atomic E-state index is 12.4. The summed E-state index contributed by atoms with van der Waals surface area (Å²) >= 11 is 0. The fraction of sp³-hybridized carbons (Fsp3) is 0.929.